The standard InChI is InChI=1S/C13H17ClN2O2/c1-16(7-8-3-2-4-8)12-10(13(17)18)5-9(15)6-11(12)14/h5-6,8H,2-4,7,15H2,1H3,(H,17,18). The quantitative estimate of drug-likeness (QED) is 0.824. The average Bonchev–Trinajstić information content (AvgIpc) is 2.21. The molecule has 1 aliphatic carbocycles. The van der Waals surface area contributed by atoms with Crippen molar-refractivity contribution in [2.75, 3.05) is 24.2 Å². The third kappa shape index (κ3) is 2.53. The first-order valence-electron chi connectivity index (χ1n) is 6.02. The Morgan fingerprint density at radius 1 is 1.56 bits per heavy atom. The fraction of sp³-hybridized carbons (Fsp3) is 0.462. The summed E-state index contributed by atoms with van der Waals surface area (Å²) >= 11 is 6.13. The Hall–Kier alpha value is -1.42. The van der Waals surface area contributed by atoms with Crippen molar-refractivity contribution in [1.29, 1.82) is 0 Å². The molecule has 18 heavy (non-hydrogen) atoms. The van der Waals surface area contributed by atoms with Crippen molar-refractivity contribution >= 4 is 28.9 Å². The number of nitrogens with zero attached hydrogens (tertiary/aromatic N) is 1. The highest BCUT2D eigenvalue weighted by Crippen LogP contribution is 2.35. The number of nitrogen functional groups attached to an aromatic ring is 1. The van der Waals surface area contributed by atoms with E-state index in [1.807, 2.05) is 11.9 Å². The van der Waals surface area contributed by atoms with Crippen molar-refractivity contribution in [3.8, 4) is 0 Å². The molecule has 5 heteroatoms. The second kappa shape index (κ2) is 5.06. The number of carboxylic acids is 1. The van der Waals surface area contributed by atoms with Gasteiger partial charge in [-0.05, 0) is 30.9 Å². The number of hydrogen-bond acceptors (Lipinski definition) is 3. The van der Waals surface area contributed by atoms with Gasteiger partial charge < -0.3 is 15.7 Å². The minimum Gasteiger partial charge on any atom is -0.478 e. The fourth-order valence-electron chi connectivity index (χ4n) is 2.32. The van der Waals surface area contributed by atoms with E-state index in [1.54, 1.807) is 6.07 Å². The summed E-state index contributed by atoms with van der Waals surface area (Å²) < 4.78 is 0. The Labute approximate surface area is 111 Å². The molecule has 1 aromatic carbocycles. The molecule has 0 radical (unpaired) electrons. The molecular formula is C13H17ClN2O2. The van der Waals surface area contributed by atoms with Crippen LogP contribution < -0.4 is 10.6 Å². The molecule has 3 N–H and O–H groups in total. The molecule has 4 nitrogen and oxygen atoms in total. The van der Waals surface area contributed by atoms with E-state index in [0.29, 0.717) is 22.3 Å². The van der Waals surface area contributed by atoms with E-state index in [-0.39, 0.29) is 5.56 Å². The van der Waals surface area contributed by atoms with Crippen molar-refractivity contribution < 1.29 is 9.90 Å². The van der Waals surface area contributed by atoms with Crippen molar-refractivity contribution in [3.63, 3.8) is 0 Å². The lowest BCUT2D eigenvalue weighted by Gasteiger charge is -2.32. The van der Waals surface area contributed by atoms with Gasteiger partial charge in [-0.15, -0.1) is 0 Å². The van der Waals surface area contributed by atoms with Gasteiger partial charge in [-0.25, -0.2) is 4.79 Å². The van der Waals surface area contributed by atoms with Gasteiger partial charge in [-0.2, -0.15) is 0 Å². The number of anilines is 2. The van der Waals surface area contributed by atoms with Crippen LogP contribution in [0.1, 0.15) is 29.6 Å². The van der Waals surface area contributed by atoms with Crippen LogP contribution in [0.3, 0.4) is 0 Å². The zero-order valence-electron chi connectivity index (χ0n) is 10.3. The summed E-state index contributed by atoms with van der Waals surface area (Å²) in [6.45, 7) is 0.837. The van der Waals surface area contributed by atoms with Crippen LogP contribution in [0.2, 0.25) is 5.02 Å². The smallest absolute Gasteiger partial charge is 0.337 e. The number of carbonyl (C=O) groups is 1. The summed E-state index contributed by atoms with van der Waals surface area (Å²) in [5, 5.41) is 9.63. The molecule has 1 aromatic rings. The van der Waals surface area contributed by atoms with Crippen molar-refractivity contribution in [2.24, 2.45) is 5.92 Å². The van der Waals surface area contributed by atoms with Gasteiger partial charge in [-0.3, -0.25) is 0 Å². The summed E-state index contributed by atoms with van der Waals surface area (Å²) in [5.74, 6) is -0.357. The van der Waals surface area contributed by atoms with Crippen LogP contribution in [0.4, 0.5) is 11.4 Å². The summed E-state index contributed by atoms with van der Waals surface area (Å²) in [6, 6.07) is 3.06. The van der Waals surface area contributed by atoms with Crippen molar-refractivity contribution in [3.05, 3.63) is 22.7 Å². The van der Waals surface area contributed by atoms with E-state index in [0.717, 1.165) is 6.54 Å². The largest absolute Gasteiger partial charge is 0.478 e. The van der Waals surface area contributed by atoms with Crippen LogP contribution in [0.15, 0.2) is 12.1 Å². The first-order valence-corrected chi connectivity index (χ1v) is 6.40. The summed E-state index contributed by atoms with van der Waals surface area (Å²) in [6.07, 6.45) is 3.68. The van der Waals surface area contributed by atoms with E-state index in [2.05, 4.69) is 0 Å². The molecule has 0 spiro atoms. The second-order valence-electron chi connectivity index (χ2n) is 4.88. The van der Waals surface area contributed by atoms with Gasteiger partial charge in [0.05, 0.1) is 16.3 Å². The Morgan fingerprint density at radius 3 is 2.72 bits per heavy atom. The van der Waals surface area contributed by atoms with Gasteiger partial charge in [0.15, 0.2) is 0 Å². The van der Waals surface area contributed by atoms with Gasteiger partial charge in [-0.1, -0.05) is 18.0 Å². The lowest BCUT2D eigenvalue weighted by atomic mass is 9.85. The Bertz CT molecular complexity index is 472. The summed E-state index contributed by atoms with van der Waals surface area (Å²) in [4.78, 5) is 13.2. The Morgan fingerprint density at radius 2 is 2.22 bits per heavy atom. The van der Waals surface area contributed by atoms with Crippen LogP contribution in [0, 0.1) is 5.92 Å². The summed E-state index contributed by atoms with van der Waals surface area (Å²) in [7, 11) is 1.88. The first-order chi connectivity index (χ1) is 8.49. The second-order valence-corrected chi connectivity index (χ2v) is 5.29. The monoisotopic (exact) mass is 268 g/mol. The van der Waals surface area contributed by atoms with E-state index < -0.39 is 5.97 Å². The highest BCUT2D eigenvalue weighted by molar-refractivity contribution is 6.34. The number of halogens is 1. The van der Waals surface area contributed by atoms with Gasteiger partial charge in [0.1, 0.15) is 0 Å². The van der Waals surface area contributed by atoms with Crippen molar-refractivity contribution in [1.82, 2.24) is 0 Å². The number of benzene rings is 1. The van der Waals surface area contributed by atoms with Crippen LogP contribution in [-0.4, -0.2) is 24.7 Å². The molecule has 1 fully saturated rings. The fourth-order valence-corrected chi connectivity index (χ4v) is 2.70. The van der Waals surface area contributed by atoms with E-state index in [1.165, 1.54) is 25.3 Å². The maximum Gasteiger partial charge on any atom is 0.337 e. The van der Waals surface area contributed by atoms with Gasteiger partial charge in [0.2, 0.25) is 0 Å². The third-order valence-corrected chi connectivity index (χ3v) is 3.74. The molecule has 0 saturated heterocycles. The molecule has 0 unspecified atom stereocenters. The number of nitrogens with two attached hydrogens (primary N) is 1. The normalized spacial score (nSPS) is 15.2. The predicted octanol–water partition coefficient (Wildman–Crippen LogP) is 2.86. The molecule has 0 aliphatic heterocycles. The zero-order chi connectivity index (χ0) is 13.3. The minimum absolute atomic E-state index is 0.168. The number of hydrogen-bond donors (Lipinski definition) is 2. The third-order valence-electron chi connectivity index (χ3n) is 3.45. The van der Waals surface area contributed by atoms with Gasteiger partial charge in [0.25, 0.3) is 0 Å². The molecule has 1 saturated carbocycles. The Balaban J connectivity index is 2.31. The molecule has 98 valence electrons. The predicted molar refractivity (Wildman–Crippen MR) is 73.4 cm³/mol. The van der Waals surface area contributed by atoms with E-state index in [9.17, 15) is 9.90 Å². The maximum atomic E-state index is 11.3. The maximum absolute atomic E-state index is 11.3. The van der Waals surface area contributed by atoms with Crippen LogP contribution in [0.5, 0.6) is 0 Å². The van der Waals surface area contributed by atoms with Crippen molar-refractivity contribution in [2.45, 2.75) is 19.3 Å². The summed E-state index contributed by atoms with van der Waals surface area (Å²) in [5.41, 5.74) is 6.74. The van der Waals surface area contributed by atoms with Gasteiger partial charge >= 0.3 is 5.97 Å². The average molecular weight is 269 g/mol. The van der Waals surface area contributed by atoms with Crippen LogP contribution >= 0.6 is 11.6 Å². The van der Waals surface area contributed by atoms with E-state index >= 15 is 0 Å². The lowest BCUT2D eigenvalue weighted by molar-refractivity contribution is 0.0697. The van der Waals surface area contributed by atoms with Crippen LogP contribution in [-0.2, 0) is 0 Å². The van der Waals surface area contributed by atoms with E-state index in [4.69, 9.17) is 17.3 Å². The molecule has 1 aliphatic rings. The lowest BCUT2D eigenvalue weighted by Crippen LogP contribution is -2.30. The zero-order valence-corrected chi connectivity index (χ0v) is 11.1. The molecule has 0 aromatic heterocycles. The molecule has 2 rings (SSSR count). The molecule has 0 atom stereocenters. The van der Waals surface area contributed by atoms with Crippen LogP contribution in [0.25, 0.3) is 0 Å². The minimum atomic E-state index is -1.00. The molecule has 0 heterocycles. The highest BCUT2D eigenvalue weighted by atomic mass is 35.5. The number of carboxylic acid groups (broad SMARTS) is 1. The SMILES string of the molecule is CN(CC1CCC1)c1c(Cl)cc(N)cc1C(=O)O. The molecule has 0 bridgehead atoms. The first kappa shape index (κ1) is 13.0. The van der Waals surface area contributed by atoms with Gasteiger partial charge in [0, 0.05) is 19.3 Å². The molecular weight excluding hydrogens is 252 g/mol. The molecule has 0 amide bonds. The number of rotatable bonds is 4. The number of aromatic carboxylic acids is 1. The highest BCUT2D eigenvalue weighted by Gasteiger charge is 2.23. The Kier molecular flexibility index (Phi) is 3.66. The topological polar surface area (TPSA) is 66.6 Å².